The van der Waals surface area contributed by atoms with Crippen LogP contribution in [0.2, 0.25) is 0 Å². The van der Waals surface area contributed by atoms with Gasteiger partial charge in [-0.2, -0.15) is 0 Å². The highest BCUT2D eigenvalue weighted by molar-refractivity contribution is 5.90. The van der Waals surface area contributed by atoms with Crippen LogP contribution in [0.5, 0.6) is 0 Å². The molecule has 1 aromatic carbocycles. The van der Waals surface area contributed by atoms with Crippen LogP contribution in [-0.2, 0) is 0 Å². The first-order valence-corrected chi connectivity index (χ1v) is 4.74. The van der Waals surface area contributed by atoms with Crippen LogP contribution in [0.15, 0.2) is 24.3 Å². The summed E-state index contributed by atoms with van der Waals surface area (Å²) in [6.07, 6.45) is 0.742. The summed E-state index contributed by atoms with van der Waals surface area (Å²) >= 11 is 0. The Morgan fingerprint density at radius 3 is 2.73 bits per heavy atom. The molecular weight excluding hydrogens is 192 g/mol. The number of hydrogen-bond acceptors (Lipinski definition) is 2. The molecule has 0 unspecified atom stereocenters. The van der Waals surface area contributed by atoms with E-state index in [0.717, 1.165) is 6.29 Å². The minimum absolute atomic E-state index is 0.0826. The van der Waals surface area contributed by atoms with Gasteiger partial charge in [0.15, 0.2) is 0 Å². The van der Waals surface area contributed by atoms with Crippen molar-refractivity contribution in [2.24, 2.45) is 0 Å². The topological polar surface area (TPSA) is 58.2 Å². The highest BCUT2D eigenvalue weighted by Gasteiger charge is 2.03. The van der Waals surface area contributed by atoms with Crippen LogP contribution < -0.4 is 10.6 Å². The Kier molecular flexibility index (Phi) is 3.85. The number of anilines is 1. The van der Waals surface area contributed by atoms with Crippen molar-refractivity contribution in [2.75, 3.05) is 5.32 Å². The van der Waals surface area contributed by atoms with E-state index in [-0.39, 0.29) is 12.1 Å². The smallest absolute Gasteiger partial charge is 0.319 e. The summed E-state index contributed by atoms with van der Waals surface area (Å²) in [6, 6.07) is 6.56. The Balaban J connectivity index is 2.64. The van der Waals surface area contributed by atoms with E-state index in [1.54, 1.807) is 24.3 Å². The zero-order chi connectivity index (χ0) is 11.3. The number of rotatable bonds is 3. The molecule has 0 saturated heterocycles. The quantitative estimate of drug-likeness (QED) is 0.743. The summed E-state index contributed by atoms with van der Waals surface area (Å²) in [5.41, 5.74) is 1.15. The standard InChI is InChI=1S/C11H14N2O2/c1-8(2)12-11(15)13-10-5-3-4-9(6-10)7-14/h3-8H,1-2H3,(H2,12,13,15). The van der Waals surface area contributed by atoms with E-state index in [2.05, 4.69) is 10.6 Å². The van der Waals surface area contributed by atoms with Crippen molar-refractivity contribution >= 4 is 18.0 Å². The van der Waals surface area contributed by atoms with Crippen molar-refractivity contribution in [3.8, 4) is 0 Å². The molecule has 15 heavy (non-hydrogen) atoms. The van der Waals surface area contributed by atoms with Gasteiger partial charge in [0.1, 0.15) is 6.29 Å². The summed E-state index contributed by atoms with van der Waals surface area (Å²) in [4.78, 5) is 21.8. The first-order valence-electron chi connectivity index (χ1n) is 4.74. The van der Waals surface area contributed by atoms with E-state index in [0.29, 0.717) is 11.3 Å². The number of hydrogen-bond donors (Lipinski definition) is 2. The van der Waals surface area contributed by atoms with Gasteiger partial charge < -0.3 is 10.6 Å². The molecule has 0 atom stereocenters. The van der Waals surface area contributed by atoms with Gasteiger partial charge in [-0.25, -0.2) is 4.79 Å². The highest BCUT2D eigenvalue weighted by Crippen LogP contribution is 2.08. The van der Waals surface area contributed by atoms with E-state index in [1.165, 1.54) is 0 Å². The van der Waals surface area contributed by atoms with Crippen LogP contribution in [0.3, 0.4) is 0 Å². The normalized spacial score (nSPS) is 9.80. The molecular formula is C11H14N2O2. The molecule has 0 aliphatic carbocycles. The molecule has 0 fully saturated rings. The molecule has 4 heteroatoms. The number of urea groups is 1. The van der Waals surface area contributed by atoms with Crippen LogP contribution >= 0.6 is 0 Å². The molecule has 0 aliphatic rings. The Hall–Kier alpha value is -1.84. The lowest BCUT2D eigenvalue weighted by molar-refractivity contribution is 0.112. The highest BCUT2D eigenvalue weighted by atomic mass is 16.2. The predicted molar refractivity (Wildman–Crippen MR) is 59.1 cm³/mol. The van der Waals surface area contributed by atoms with Gasteiger partial charge in [-0.15, -0.1) is 0 Å². The number of aldehydes is 1. The summed E-state index contributed by atoms with van der Waals surface area (Å²) in [5.74, 6) is 0. The van der Waals surface area contributed by atoms with Crippen molar-refractivity contribution in [1.82, 2.24) is 5.32 Å². The van der Waals surface area contributed by atoms with Crippen molar-refractivity contribution in [3.05, 3.63) is 29.8 Å². The Morgan fingerprint density at radius 2 is 2.13 bits per heavy atom. The SMILES string of the molecule is CC(C)NC(=O)Nc1cccc(C=O)c1. The van der Waals surface area contributed by atoms with E-state index in [9.17, 15) is 9.59 Å². The second-order valence-corrected chi connectivity index (χ2v) is 3.50. The van der Waals surface area contributed by atoms with Gasteiger partial charge >= 0.3 is 6.03 Å². The van der Waals surface area contributed by atoms with E-state index in [1.807, 2.05) is 13.8 Å². The third-order valence-corrected chi connectivity index (χ3v) is 1.70. The minimum atomic E-state index is -0.270. The molecule has 0 radical (unpaired) electrons. The van der Waals surface area contributed by atoms with E-state index >= 15 is 0 Å². The van der Waals surface area contributed by atoms with Crippen LogP contribution in [0.4, 0.5) is 10.5 Å². The van der Waals surface area contributed by atoms with Crippen LogP contribution in [0.1, 0.15) is 24.2 Å². The van der Waals surface area contributed by atoms with E-state index in [4.69, 9.17) is 0 Å². The molecule has 0 spiro atoms. The Morgan fingerprint density at radius 1 is 1.40 bits per heavy atom. The molecule has 0 bridgehead atoms. The van der Waals surface area contributed by atoms with Crippen molar-refractivity contribution < 1.29 is 9.59 Å². The summed E-state index contributed by atoms with van der Waals surface area (Å²) in [7, 11) is 0. The minimum Gasteiger partial charge on any atom is -0.336 e. The lowest BCUT2D eigenvalue weighted by Crippen LogP contribution is -2.34. The van der Waals surface area contributed by atoms with Crippen LogP contribution in [0, 0.1) is 0 Å². The first-order chi connectivity index (χ1) is 7.11. The lowest BCUT2D eigenvalue weighted by atomic mass is 10.2. The largest absolute Gasteiger partial charge is 0.336 e. The van der Waals surface area contributed by atoms with Gasteiger partial charge in [0.2, 0.25) is 0 Å². The molecule has 80 valence electrons. The fraction of sp³-hybridized carbons (Fsp3) is 0.273. The number of carbonyl (C=O) groups is 2. The lowest BCUT2D eigenvalue weighted by Gasteiger charge is -2.10. The molecule has 1 rings (SSSR count). The fourth-order valence-electron chi connectivity index (χ4n) is 1.12. The number of carbonyl (C=O) groups excluding carboxylic acids is 2. The zero-order valence-corrected chi connectivity index (χ0v) is 8.78. The summed E-state index contributed by atoms with van der Waals surface area (Å²) in [5, 5.41) is 5.33. The maximum Gasteiger partial charge on any atom is 0.319 e. The zero-order valence-electron chi connectivity index (χ0n) is 8.78. The number of benzene rings is 1. The third kappa shape index (κ3) is 3.81. The molecule has 0 aromatic heterocycles. The second-order valence-electron chi connectivity index (χ2n) is 3.50. The van der Waals surface area contributed by atoms with Gasteiger partial charge in [0.25, 0.3) is 0 Å². The molecule has 1 aromatic rings. The summed E-state index contributed by atoms with van der Waals surface area (Å²) < 4.78 is 0. The number of nitrogens with one attached hydrogen (secondary N) is 2. The molecule has 4 nitrogen and oxygen atoms in total. The average molecular weight is 206 g/mol. The average Bonchev–Trinajstić information content (AvgIpc) is 2.16. The van der Waals surface area contributed by atoms with Crippen LogP contribution in [-0.4, -0.2) is 18.4 Å². The predicted octanol–water partition coefficient (Wildman–Crippen LogP) is 2.03. The molecule has 0 heterocycles. The first kappa shape index (κ1) is 11.2. The second kappa shape index (κ2) is 5.14. The molecule has 0 saturated carbocycles. The maximum atomic E-state index is 11.3. The maximum absolute atomic E-state index is 11.3. The third-order valence-electron chi connectivity index (χ3n) is 1.70. The van der Waals surface area contributed by atoms with E-state index < -0.39 is 0 Å². The van der Waals surface area contributed by atoms with Gasteiger partial charge in [-0.05, 0) is 26.0 Å². The number of amides is 2. The monoisotopic (exact) mass is 206 g/mol. The molecule has 0 aliphatic heterocycles. The molecule has 2 amide bonds. The van der Waals surface area contributed by atoms with Gasteiger partial charge in [-0.1, -0.05) is 12.1 Å². The van der Waals surface area contributed by atoms with Gasteiger partial charge in [0, 0.05) is 17.3 Å². The molecule has 2 N–H and O–H groups in total. The van der Waals surface area contributed by atoms with Gasteiger partial charge in [0.05, 0.1) is 0 Å². The summed E-state index contributed by atoms with van der Waals surface area (Å²) in [6.45, 7) is 3.75. The van der Waals surface area contributed by atoms with Crippen molar-refractivity contribution in [2.45, 2.75) is 19.9 Å². The fourth-order valence-corrected chi connectivity index (χ4v) is 1.12. The van der Waals surface area contributed by atoms with Gasteiger partial charge in [-0.3, -0.25) is 4.79 Å². The van der Waals surface area contributed by atoms with Crippen molar-refractivity contribution in [3.63, 3.8) is 0 Å². The Bertz CT molecular complexity index is 361. The van der Waals surface area contributed by atoms with Crippen LogP contribution in [0.25, 0.3) is 0 Å². The Labute approximate surface area is 88.7 Å². The van der Waals surface area contributed by atoms with Crippen molar-refractivity contribution in [1.29, 1.82) is 0 Å².